The van der Waals surface area contributed by atoms with E-state index < -0.39 is 0 Å². The molecule has 0 amide bonds. The molecule has 0 spiro atoms. The van der Waals surface area contributed by atoms with Crippen LogP contribution < -0.4 is 5.32 Å². The molecular weight excluding hydrogens is 420 g/mol. The van der Waals surface area contributed by atoms with Crippen molar-refractivity contribution in [3.63, 3.8) is 0 Å². The number of rotatable bonds is 4. The van der Waals surface area contributed by atoms with E-state index in [1.54, 1.807) is 17.7 Å². The Kier molecular flexibility index (Phi) is 5.45. The predicted octanol–water partition coefficient (Wildman–Crippen LogP) is 6.04. The summed E-state index contributed by atoms with van der Waals surface area (Å²) in [6, 6.07) is 18.5. The third-order valence-electron chi connectivity index (χ3n) is 4.35. The van der Waals surface area contributed by atoms with Gasteiger partial charge in [-0.15, -0.1) is 41.5 Å². The lowest BCUT2D eigenvalue weighted by Crippen LogP contribution is -1.93. The first-order valence-electron chi connectivity index (χ1n) is 8.70. The van der Waals surface area contributed by atoms with Crippen LogP contribution >= 0.6 is 35.1 Å². The molecule has 0 saturated heterocycles. The molecule has 2 aromatic carbocycles. The number of fused-ring (bicyclic) bond motifs is 2. The molecule has 0 saturated carbocycles. The van der Waals surface area contributed by atoms with Crippen molar-refractivity contribution >= 4 is 67.0 Å². The van der Waals surface area contributed by atoms with Crippen LogP contribution in [0.1, 0.15) is 15.4 Å². The molecule has 5 aromatic rings. The number of nitrogens with one attached hydrogen (secondary N) is 1. The topological polar surface area (TPSA) is 50.7 Å². The summed E-state index contributed by atoms with van der Waals surface area (Å²) >= 11 is 3.24. The highest BCUT2D eigenvalue weighted by molar-refractivity contribution is 7.20. The van der Waals surface area contributed by atoms with E-state index in [1.165, 1.54) is 16.9 Å². The van der Waals surface area contributed by atoms with Crippen molar-refractivity contribution < 1.29 is 0 Å². The Balaban J connectivity index is 0.00000205. The number of anilines is 2. The third kappa shape index (κ3) is 3.94. The molecule has 3 aromatic heterocycles. The van der Waals surface area contributed by atoms with Crippen LogP contribution in [0.25, 0.3) is 20.4 Å². The lowest BCUT2D eigenvalue weighted by atomic mass is 10.2. The van der Waals surface area contributed by atoms with Gasteiger partial charge in [-0.1, -0.05) is 36.3 Å². The zero-order valence-electron chi connectivity index (χ0n) is 15.1. The predicted molar refractivity (Wildman–Crippen MR) is 125 cm³/mol. The molecule has 0 aliphatic carbocycles. The van der Waals surface area contributed by atoms with Gasteiger partial charge in [-0.2, -0.15) is 0 Å². The van der Waals surface area contributed by atoms with Gasteiger partial charge in [0.2, 0.25) is 0 Å². The lowest BCUT2D eigenvalue weighted by Gasteiger charge is -2.05. The minimum atomic E-state index is 0. The molecule has 142 valence electrons. The maximum absolute atomic E-state index is 5.52. The highest BCUT2D eigenvalue weighted by Crippen LogP contribution is 2.32. The van der Waals surface area contributed by atoms with Crippen molar-refractivity contribution in [1.29, 1.82) is 0 Å². The quantitative estimate of drug-likeness (QED) is 0.350. The third-order valence-corrected chi connectivity index (χ3v) is 6.43. The number of benzene rings is 2. The van der Waals surface area contributed by atoms with Crippen LogP contribution in [-0.4, -0.2) is 15.0 Å². The van der Waals surface area contributed by atoms with Gasteiger partial charge in [0.25, 0.3) is 0 Å². The van der Waals surface area contributed by atoms with E-state index in [9.17, 15) is 0 Å². The molecule has 7 heteroatoms. The van der Waals surface area contributed by atoms with Crippen LogP contribution in [-0.2, 0) is 6.42 Å². The number of terminal acetylenes is 1. The van der Waals surface area contributed by atoms with E-state index in [0.29, 0.717) is 0 Å². The van der Waals surface area contributed by atoms with Crippen molar-refractivity contribution in [1.82, 2.24) is 15.0 Å². The highest BCUT2D eigenvalue weighted by Gasteiger charge is 2.10. The second-order valence-electron chi connectivity index (χ2n) is 6.27. The summed E-state index contributed by atoms with van der Waals surface area (Å²) in [4.78, 5) is 14.3. The summed E-state index contributed by atoms with van der Waals surface area (Å²) < 4.78 is 2.11. The number of thiophene rings is 1. The molecule has 0 unspecified atom stereocenters. The van der Waals surface area contributed by atoms with Gasteiger partial charge in [0.15, 0.2) is 5.82 Å². The van der Waals surface area contributed by atoms with E-state index in [2.05, 4.69) is 51.5 Å². The van der Waals surface area contributed by atoms with Gasteiger partial charge in [-0.3, -0.25) is 0 Å². The SMILES string of the molecule is C#Cc1cc2ncnc(Nc3ccc4nc(Cc5ccccc5)sc4c3)c2s1.Cl. The van der Waals surface area contributed by atoms with Gasteiger partial charge in [0.1, 0.15) is 6.33 Å². The summed E-state index contributed by atoms with van der Waals surface area (Å²) in [6.07, 6.45) is 7.93. The Morgan fingerprint density at radius 3 is 2.66 bits per heavy atom. The molecule has 0 atom stereocenters. The second-order valence-corrected chi connectivity index (χ2v) is 8.44. The highest BCUT2D eigenvalue weighted by atomic mass is 35.5. The van der Waals surface area contributed by atoms with Crippen molar-refractivity contribution in [2.45, 2.75) is 6.42 Å². The molecule has 5 rings (SSSR count). The lowest BCUT2D eigenvalue weighted by molar-refractivity contribution is 1.16. The molecule has 29 heavy (non-hydrogen) atoms. The molecule has 0 radical (unpaired) electrons. The summed E-state index contributed by atoms with van der Waals surface area (Å²) in [6.45, 7) is 0. The molecule has 1 N–H and O–H groups in total. The van der Waals surface area contributed by atoms with E-state index in [-0.39, 0.29) is 12.4 Å². The maximum Gasteiger partial charge on any atom is 0.151 e. The molecule has 0 fully saturated rings. The number of thiazole rings is 1. The van der Waals surface area contributed by atoms with Crippen molar-refractivity contribution in [2.75, 3.05) is 5.32 Å². The summed E-state index contributed by atoms with van der Waals surface area (Å²) in [5.74, 6) is 3.44. The second kappa shape index (κ2) is 8.18. The Hall–Kier alpha value is -2.98. The zero-order chi connectivity index (χ0) is 18.9. The zero-order valence-corrected chi connectivity index (χ0v) is 17.6. The van der Waals surface area contributed by atoms with Crippen LogP contribution in [0.2, 0.25) is 0 Å². The standard InChI is InChI=1S/C22H14N4S2.ClH/c1-2-16-12-18-21(27-16)22(24-13-23-18)25-15-8-9-17-19(11-15)28-20(26-17)10-14-6-4-3-5-7-14;/h1,3-9,11-13H,10H2,(H,23,24,25);1H. The van der Waals surface area contributed by atoms with E-state index in [0.717, 1.165) is 48.2 Å². The fraction of sp³-hybridized carbons (Fsp3) is 0.0455. The van der Waals surface area contributed by atoms with Crippen molar-refractivity contribution in [3.05, 3.63) is 76.4 Å². The van der Waals surface area contributed by atoms with Gasteiger partial charge < -0.3 is 5.32 Å². The number of aromatic nitrogens is 3. The van der Waals surface area contributed by atoms with Gasteiger partial charge in [-0.05, 0) is 29.8 Å². The Bertz CT molecular complexity index is 1340. The number of halogens is 1. The first-order valence-corrected chi connectivity index (χ1v) is 10.3. The summed E-state index contributed by atoms with van der Waals surface area (Å²) in [5, 5.41) is 4.52. The van der Waals surface area contributed by atoms with Gasteiger partial charge in [-0.25, -0.2) is 15.0 Å². The Morgan fingerprint density at radius 1 is 0.966 bits per heavy atom. The van der Waals surface area contributed by atoms with Gasteiger partial charge >= 0.3 is 0 Å². The minimum absolute atomic E-state index is 0. The van der Waals surface area contributed by atoms with E-state index >= 15 is 0 Å². The van der Waals surface area contributed by atoms with Gasteiger partial charge in [0.05, 0.1) is 30.3 Å². The Labute approximate surface area is 182 Å². The minimum Gasteiger partial charge on any atom is -0.339 e. The van der Waals surface area contributed by atoms with Crippen molar-refractivity contribution in [3.8, 4) is 12.3 Å². The normalized spacial score (nSPS) is 10.6. The molecule has 3 heterocycles. The number of hydrogen-bond donors (Lipinski definition) is 1. The van der Waals surface area contributed by atoms with Crippen LogP contribution in [0, 0.1) is 12.3 Å². The summed E-state index contributed by atoms with van der Waals surface area (Å²) in [7, 11) is 0. The molecule has 4 nitrogen and oxygen atoms in total. The monoisotopic (exact) mass is 434 g/mol. The molecule has 0 aliphatic heterocycles. The molecule has 0 bridgehead atoms. The smallest absolute Gasteiger partial charge is 0.151 e. The average molecular weight is 435 g/mol. The first kappa shape index (κ1) is 19.3. The largest absolute Gasteiger partial charge is 0.339 e. The van der Waals surface area contributed by atoms with Crippen LogP contribution in [0.5, 0.6) is 0 Å². The maximum atomic E-state index is 5.52. The fourth-order valence-electron chi connectivity index (χ4n) is 3.05. The van der Waals surface area contributed by atoms with Crippen LogP contribution in [0.3, 0.4) is 0 Å². The van der Waals surface area contributed by atoms with E-state index in [4.69, 9.17) is 11.4 Å². The summed E-state index contributed by atoms with van der Waals surface area (Å²) in [5.41, 5.74) is 4.11. The van der Waals surface area contributed by atoms with Crippen molar-refractivity contribution in [2.24, 2.45) is 0 Å². The Morgan fingerprint density at radius 2 is 1.83 bits per heavy atom. The van der Waals surface area contributed by atoms with Gasteiger partial charge in [0, 0.05) is 12.1 Å². The number of nitrogens with zero attached hydrogens (tertiary/aromatic N) is 3. The molecular formula is C22H15ClN4S2. The van der Waals surface area contributed by atoms with Crippen LogP contribution in [0.4, 0.5) is 11.5 Å². The number of hydrogen-bond acceptors (Lipinski definition) is 6. The van der Waals surface area contributed by atoms with Crippen LogP contribution in [0.15, 0.2) is 60.9 Å². The average Bonchev–Trinajstić information content (AvgIpc) is 3.32. The fourth-order valence-corrected chi connectivity index (χ4v) is 4.95. The first-order chi connectivity index (χ1) is 13.8. The van der Waals surface area contributed by atoms with E-state index in [1.807, 2.05) is 24.3 Å². The molecule has 0 aliphatic rings.